The summed E-state index contributed by atoms with van der Waals surface area (Å²) in [5.74, 6) is -0.395. The number of aliphatic hydroxyl groups excluding tert-OH is 1. The fraction of sp³-hybridized carbons (Fsp3) is 0.684. The Bertz CT molecular complexity index is 775. The van der Waals surface area contributed by atoms with Gasteiger partial charge in [0.2, 0.25) is 0 Å². The Kier molecular flexibility index (Phi) is 5.44. The summed E-state index contributed by atoms with van der Waals surface area (Å²) in [5.41, 5.74) is -1.70. The molecule has 9 heteroatoms. The Labute approximate surface area is 167 Å². The van der Waals surface area contributed by atoms with E-state index in [2.05, 4.69) is 0 Å². The van der Waals surface area contributed by atoms with Crippen LogP contribution in [0, 0.1) is 6.92 Å². The average Bonchev–Trinajstić information content (AvgIpc) is 2.98. The Morgan fingerprint density at radius 3 is 2.46 bits per heavy atom. The third-order valence-corrected chi connectivity index (χ3v) is 5.79. The number of morpholine rings is 1. The second-order valence-electron chi connectivity index (χ2n) is 8.48. The molecule has 3 rings (SSSR count). The highest BCUT2D eigenvalue weighted by molar-refractivity contribution is 7.13. The molecule has 1 spiro atoms. The van der Waals surface area contributed by atoms with E-state index in [0.29, 0.717) is 18.0 Å². The summed E-state index contributed by atoms with van der Waals surface area (Å²) in [7, 11) is 0. The highest BCUT2D eigenvalue weighted by atomic mass is 32.1. The minimum absolute atomic E-state index is 0.104. The van der Waals surface area contributed by atoms with Crippen LogP contribution in [-0.2, 0) is 9.47 Å². The molecular formula is C19H27F2N2O4S+. The number of carbonyl (C=O) groups excluding carboxylic acids is 1. The van der Waals surface area contributed by atoms with Crippen molar-refractivity contribution in [1.82, 2.24) is 4.90 Å². The van der Waals surface area contributed by atoms with Gasteiger partial charge in [0, 0.05) is 17.7 Å². The second kappa shape index (κ2) is 7.26. The largest absolute Gasteiger partial charge is 0.547 e. The number of alkyl halides is 2. The lowest BCUT2D eigenvalue weighted by molar-refractivity contribution is -0.568. The minimum atomic E-state index is -3.41. The molecule has 0 atom stereocenters. The van der Waals surface area contributed by atoms with Crippen LogP contribution in [0.25, 0.3) is 0 Å². The van der Waals surface area contributed by atoms with Gasteiger partial charge in [-0.05, 0) is 39.8 Å². The number of thiophene rings is 1. The molecule has 0 aromatic carbocycles. The number of rotatable bonds is 1. The smallest absolute Gasteiger partial charge is 0.430 e. The molecule has 2 saturated heterocycles. The van der Waals surface area contributed by atoms with Crippen molar-refractivity contribution in [3.63, 3.8) is 0 Å². The number of piperidine rings is 1. The third kappa shape index (κ3) is 4.81. The van der Waals surface area contributed by atoms with Crippen LogP contribution in [0.3, 0.4) is 0 Å². The van der Waals surface area contributed by atoms with Crippen molar-refractivity contribution in [1.29, 1.82) is 0 Å². The van der Waals surface area contributed by atoms with Crippen LogP contribution in [0.15, 0.2) is 12.1 Å². The van der Waals surface area contributed by atoms with Crippen LogP contribution < -0.4 is 0 Å². The summed E-state index contributed by atoms with van der Waals surface area (Å²) in [4.78, 5) is 15.3. The molecule has 0 unspecified atom stereocenters. The summed E-state index contributed by atoms with van der Waals surface area (Å²) < 4.78 is 40.9. The predicted octanol–water partition coefficient (Wildman–Crippen LogP) is 3.40. The van der Waals surface area contributed by atoms with E-state index in [1.807, 2.05) is 27.7 Å². The monoisotopic (exact) mass is 417 g/mol. The molecule has 0 bridgehead atoms. The van der Waals surface area contributed by atoms with Crippen molar-refractivity contribution in [2.24, 2.45) is 0 Å². The molecule has 3 heterocycles. The van der Waals surface area contributed by atoms with Gasteiger partial charge >= 0.3 is 12.2 Å². The Hall–Kier alpha value is -1.74. The average molecular weight is 417 g/mol. The number of aliphatic hydroxyl groups is 1. The lowest BCUT2D eigenvalue weighted by Gasteiger charge is -2.46. The predicted molar refractivity (Wildman–Crippen MR) is 101 cm³/mol. The zero-order valence-electron chi connectivity index (χ0n) is 16.6. The van der Waals surface area contributed by atoms with Crippen molar-refractivity contribution in [2.75, 3.05) is 26.2 Å². The molecule has 0 radical (unpaired) electrons. The SMILES string of the molecule is Cc1ccc(C(=O)N2CC(F)(F)OC3(CC[N+](=C(O)OC(C)(C)C)CC3)C2)s1. The van der Waals surface area contributed by atoms with E-state index in [0.717, 1.165) is 4.88 Å². The molecule has 1 N–H and O–H groups in total. The van der Waals surface area contributed by atoms with Crippen LogP contribution in [0.4, 0.5) is 8.78 Å². The van der Waals surface area contributed by atoms with Crippen LogP contribution in [-0.4, -0.2) is 70.1 Å². The highest BCUT2D eigenvalue weighted by Crippen LogP contribution is 2.38. The van der Waals surface area contributed by atoms with Gasteiger partial charge in [-0.25, -0.2) is 0 Å². The van der Waals surface area contributed by atoms with E-state index in [4.69, 9.17) is 9.47 Å². The molecule has 28 heavy (non-hydrogen) atoms. The van der Waals surface area contributed by atoms with Crippen molar-refractivity contribution >= 4 is 23.3 Å². The molecule has 2 aliphatic heterocycles. The van der Waals surface area contributed by atoms with Gasteiger partial charge in [-0.15, -0.1) is 11.3 Å². The van der Waals surface area contributed by atoms with E-state index in [1.54, 1.807) is 16.7 Å². The Morgan fingerprint density at radius 1 is 1.29 bits per heavy atom. The molecule has 1 amide bonds. The van der Waals surface area contributed by atoms with Gasteiger partial charge in [-0.2, -0.15) is 13.4 Å². The van der Waals surface area contributed by atoms with Crippen LogP contribution in [0.2, 0.25) is 0 Å². The summed E-state index contributed by atoms with van der Waals surface area (Å²) in [6.45, 7) is 7.27. The van der Waals surface area contributed by atoms with Crippen LogP contribution >= 0.6 is 11.3 Å². The number of ether oxygens (including phenoxy) is 2. The van der Waals surface area contributed by atoms with E-state index < -0.39 is 29.8 Å². The fourth-order valence-electron chi connectivity index (χ4n) is 3.56. The lowest BCUT2D eigenvalue weighted by atomic mass is 9.89. The number of nitrogens with zero attached hydrogens (tertiary/aromatic N) is 2. The first kappa shape index (κ1) is 21.0. The van der Waals surface area contributed by atoms with Gasteiger partial charge in [0.15, 0.2) is 13.1 Å². The summed E-state index contributed by atoms with van der Waals surface area (Å²) in [5, 5.41) is 10.2. The first-order valence-corrected chi connectivity index (χ1v) is 10.1. The van der Waals surface area contributed by atoms with E-state index in [-0.39, 0.29) is 25.5 Å². The molecule has 1 aromatic rings. The molecule has 2 aliphatic rings. The van der Waals surface area contributed by atoms with Gasteiger partial charge in [0.05, 0.1) is 11.4 Å². The molecule has 156 valence electrons. The maximum Gasteiger partial charge on any atom is 0.547 e. The standard InChI is InChI=1S/C19H26F2N2O4S/c1-13-5-6-14(28-13)15(24)23-11-18(27-19(20,21)12-23)7-9-22(10-8-18)16(25)26-17(2,3)4/h5-6H,7-12H2,1-4H3/p+1. The molecule has 1 aromatic heterocycles. The van der Waals surface area contributed by atoms with Gasteiger partial charge in [0.1, 0.15) is 17.7 Å². The summed E-state index contributed by atoms with van der Waals surface area (Å²) in [6, 6.07) is 3.47. The van der Waals surface area contributed by atoms with Crippen LogP contribution in [0.5, 0.6) is 0 Å². The van der Waals surface area contributed by atoms with Crippen molar-refractivity contribution in [2.45, 2.75) is 57.8 Å². The number of hydrogen-bond acceptors (Lipinski definition) is 4. The molecular weight excluding hydrogens is 390 g/mol. The van der Waals surface area contributed by atoms with E-state index in [9.17, 15) is 18.7 Å². The van der Waals surface area contributed by atoms with Crippen molar-refractivity contribution < 1.29 is 32.7 Å². The fourth-order valence-corrected chi connectivity index (χ4v) is 4.40. The van der Waals surface area contributed by atoms with Gasteiger partial charge in [-0.1, -0.05) is 0 Å². The number of amides is 1. The van der Waals surface area contributed by atoms with Gasteiger partial charge in [0.25, 0.3) is 5.91 Å². The first-order chi connectivity index (χ1) is 12.9. The van der Waals surface area contributed by atoms with Gasteiger partial charge < -0.3 is 19.5 Å². The van der Waals surface area contributed by atoms with Crippen molar-refractivity contribution in [3.05, 3.63) is 21.9 Å². The second-order valence-corrected chi connectivity index (χ2v) is 9.77. The zero-order valence-corrected chi connectivity index (χ0v) is 17.4. The number of hydrogen-bond donors (Lipinski definition) is 1. The number of carbonyl (C=O) groups is 1. The van der Waals surface area contributed by atoms with Gasteiger partial charge in [-0.3, -0.25) is 4.79 Å². The third-order valence-electron chi connectivity index (χ3n) is 4.80. The Morgan fingerprint density at radius 2 is 1.93 bits per heavy atom. The molecule has 6 nitrogen and oxygen atoms in total. The van der Waals surface area contributed by atoms with Crippen LogP contribution in [0.1, 0.15) is 48.2 Å². The summed E-state index contributed by atoms with van der Waals surface area (Å²) in [6.07, 6.45) is -3.11. The molecule has 0 saturated carbocycles. The molecule has 2 fully saturated rings. The van der Waals surface area contributed by atoms with E-state index >= 15 is 0 Å². The Balaban J connectivity index is 1.75. The first-order valence-electron chi connectivity index (χ1n) is 9.32. The molecule has 0 aliphatic carbocycles. The maximum absolute atomic E-state index is 14.3. The quantitative estimate of drug-likeness (QED) is 0.562. The normalized spacial score (nSPS) is 25.1. The number of halogens is 2. The summed E-state index contributed by atoms with van der Waals surface area (Å²) >= 11 is 1.30. The minimum Gasteiger partial charge on any atom is -0.430 e. The van der Waals surface area contributed by atoms with E-state index in [1.165, 1.54) is 16.2 Å². The maximum atomic E-state index is 14.3. The van der Waals surface area contributed by atoms with Crippen molar-refractivity contribution in [3.8, 4) is 0 Å². The number of aryl methyl sites for hydroxylation is 1. The zero-order chi connectivity index (χ0) is 20.7. The lowest BCUT2D eigenvalue weighted by Crippen LogP contribution is -2.62. The highest BCUT2D eigenvalue weighted by Gasteiger charge is 2.54. The topological polar surface area (TPSA) is 62.0 Å².